The van der Waals surface area contributed by atoms with Gasteiger partial charge in [0, 0.05) is 17.6 Å². The van der Waals surface area contributed by atoms with Crippen molar-refractivity contribution in [3.63, 3.8) is 0 Å². The Hall–Kier alpha value is -3.56. The lowest BCUT2D eigenvalue weighted by molar-refractivity contribution is -0.140. The zero-order chi connectivity index (χ0) is 29.3. The fourth-order valence-electron chi connectivity index (χ4n) is 4.17. The number of hydrogen-bond acceptors (Lipinski definition) is 5. The third-order valence-corrected chi connectivity index (χ3v) is 8.63. The summed E-state index contributed by atoms with van der Waals surface area (Å²) in [7, 11) is -2.58. The molecule has 3 aromatic rings. The van der Waals surface area contributed by atoms with Crippen molar-refractivity contribution in [2.45, 2.75) is 57.1 Å². The Bertz CT molecular complexity index is 1380. The third-order valence-electron chi connectivity index (χ3n) is 6.61. The Kier molecular flexibility index (Phi) is 11.0. The summed E-state index contributed by atoms with van der Waals surface area (Å²) in [6, 6.07) is 20.5. The monoisotopic (exact) mass is 585 g/mol. The lowest BCUT2D eigenvalue weighted by Crippen LogP contribution is -2.53. The molecule has 0 saturated heterocycles. The van der Waals surface area contributed by atoms with Crippen LogP contribution in [0.1, 0.15) is 39.2 Å². The Morgan fingerprint density at radius 3 is 2.20 bits per heavy atom. The van der Waals surface area contributed by atoms with Crippen LogP contribution in [0, 0.1) is 0 Å². The largest absolute Gasteiger partial charge is 0.497 e. The Balaban J connectivity index is 2.04. The minimum absolute atomic E-state index is 0.0334. The summed E-state index contributed by atoms with van der Waals surface area (Å²) in [5, 5.41) is 3.29. The quantitative estimate of drug-likeness (QED) is 0.295. The van der Waals surface area contributed by atoms with E-state index in [-0.39, 0.29) is 29.1 Å². The molecule has 2 amide bonds. The second-order valence-corrected chi connectivity index (χ2v) is 11.7. The lowest BCUT2D eigenvalue weighted by Gasteiger charge is -2.33. The van der Waals surface area contributed by atoms with Crippen molar-refractivity contribution < 1.29 is 22.7 Å². The van der Waals surface area contributed by atoms with Crippen LogP contribution in [-0.4, -0.2) is 50.9 Å². The average molecular weight is 586 g/mol. The number of nitrogens with zero attached hydrogens (tertiary/aromatic N) is 2. The maximum Gasteiger partial charge on any atom is 0.264 e. The van der Waals surface area contributed by atoms with Gasteiger partial charge in [0.05, 0.1) is 17.7 Å². The van der Waals surface area contributed by atoms with Crippen LogP contribution in [0.5, 0.6) is 5.75 Å². The molecule has 0 unspecified atom stereocenters. The van der Waals surface area contributed by atoms with Crippen LogP contribution in [0.25, 0.3) is 0 Å². The predicted molar refractivity (Wildman–Crippen MR) is 158 cm³/mol. The van der Waals surface area contributed by atoms with Crippen molar-refractivity contribution in [1.29, 1.82) is 0 Å². The molecule has 0 aliphatic carbocycles. The van der Waals surface area contributed by atoms with Gasteiger partial charge in [-0.3, -0.25) is 13.9 Å². The number of hydrogen-bond donors (Lipinski definition) is 1. The van der Waals surface area contributed by atoms with Gasteiger partial charge in [0.2, 0.25) is 11.8 Å². The zero-order valence-corrected chi connectivity index (χ0v) is 24.8. The molecule has 10 heteroatoms. The first-order valence-corrected chi connectivity index (χ1v) is 15.0. The molecule has 214 valence electrons. The van der Waals surface area contributed by atoms with Crippen molar-refractivity contribution in [1.82, 2.24) is 10.2 Å². The topological polar surface area (TPSA) is 96.0 Å². The maximum atomic E-state index is 14.1. The summed E-state index contributed by atoms with van der Waals surface area (Å²) in [4.78, 5) is 28.9. The molecule has 2 atom stereocenters. The molecule has 0 spiro atoms. The summed E-state index contributed by atoms with van der Waals surface area (Å²) in [6.45, 7) is 5.26. The van der Waals surface area contributed by atoms with Gasteiger partial charge in [-0.1, -0.05) is 61.8 Å². The maximum absolute atomic E-state index is 14.1. The number of methoxy groups -OCH3 is 1. The third kappa shape index (κ3) is 7.76. The standard InChI is InChI=1S/C30H36ClN3O5S/c1-5-22(3)32-30(36)28(6-2)33(20-23-15-17-26(39-4)18-16-23)29(35)21-34(25-12-10-11-24(31)19-25)40(37,38)27-13-8-7-9-14-27/h7-19,22,28H,5-6,20-21H2,1-4H3,(H,32,36)/t22-,28+/m0/s1. The highest BCUT2D eigenvalue weighted by molar-refractivity contribution is 7.92. The summed E-state index contributed by atoms with van der Waals surface area (Å²) in [6.07, 6.45) is 1.07. The summed E-state index contributed by atoms with van der Waals surface area (Å²) < 4.78 is 33.9. The van der Waals surface area contributed by atoms with E-state index >= 15 is 0 Å². The van der Waals surface area contributed by atoms with Gasteiger partial charge in [-0.15, -0.1) is 0 Å². The van der Waals surface area contributed by atoms with Gasteiger partial charge in [-0.2, -0.15) is 0 Å². The number of carbonyl (C=O) groups is 2. The van der Waals surface area contributed by atoms with Crippen molar-refractivity contribution in [3.05, 3.63) is 89.4 Å². The van der Waals surface area contributed by atoms with Crippen LogP contribution in [0.3, 0.4) is 0 Å². The molecule has 40 heavy (non-hydrogen) atoms. The van der Waals surface area contributed by atoms with Crippen LogP contribution in [-0.2, 0) is 26.2 Å². The summed E-state index contributed by atoms with van der Waals surface area (Å²) in [5.74, 6) is -0.162. The Morgan fingerprint density at radius 2 is 1.62 bits per heavy atom. The number of benzene rings is 3. The van der Waals surface area contributed by atoms with Crippen molar-refractivity contribution >= 4 is 39.1 Å². The molecule has 0 aliphatic rings. The minimum atomic E-state index is -4.15. The van der Waals surface area contributed by atoms with Gasteiger partial charge < -0.3 is 15.0 Å². The summed E-state index contributed by atoms with van der Waals surface area (Å²) >= 11 is 6.21. The highest BCUT2D eigenvalue weighted by atomic mass is 35.5. The molecule has 3 aromatic carbocycles. The van der Waals surface area contributed by atoms with E-state index in [1.54, 1.807) is 55.6 Å². The minimum Gasteiger partial charge on any atom is -0.497 e. The fourth-order valence-corrected chi connectivity index (χ4v) is 5.78. The van der Waals surface area contributed by atoms with Crippen molar-refractivity contribution in [2.24, 2.45) is 0 Å². The van der Waals surface area contributed by atoms with E-state index in [1.807, 2.05) is 32.9 Å². The number of ether oxygens (including phenoxy) is 1. The number of sulfonamides is 1. The second-order valence-electron chi connectivity index (χ2n) is 9.42. The van der Waals surface area contributed by atoms with E-state index < -0.39 is 28.5 Å². The molecular formula is C30H36ClN3O5S. The highest BCUT2D eigenvalue weighted by Gasteiger charge is 2.34. The van der Waals surface area contributed by atoms with Crippen LogP contribution < -0.4 is 14.4 Å². The first kappa shape index (κ1) is 31.0. The van der Waals surface area contributed by atoms with E-state index in [4.69, 9.17) is 16.3 Å². The molecule has 0 saturated carbocycles. The average Bonchev–Trinajstić information content (AvgIpc) is 2.96. The number of nitrogens with one attached hydrogen (secondary N) is 1. The number of amides is 2. The number of carbonyl (C=O) groups excluding carboxylic acids is 2. The molecule has 0 aliphatic heterocycles. The van der Waals surface area contributed by atoms with E-state index in [2.05, 4.69) is 5.32 Å². The SMILES string of the molecule is CC[C@H](C(=O)N[C@@H](C)CC)N(Cc1ccc(OC)cc1)C(=O)CN(c1cccc(Cl)c1)S(=O)(=O)c1ccccc1. The van der Waals surface area contributed by atoms with Crippen LogP contribution >= 0.6 is 11.6 Å². The Morgan fingerprint density at radius 1 is 0.950 bits per heavy atom. The molecule has 1 N–H and O–H groups in total. The molecule has 0 fully saturated rings. The highest BCUT2D eigenvalue weighted by Crippen LogP contribution is 2.27. The second kappa shape index (κ2) is 14.2. The first-order valence-electron chi connectivity index (χ1n) is 13.2. The van der Waals surface area contributed by atoms with Crippen LogP contribution in [0.2, 0.25) is 5.02 Å². The van der Waals surface area contributed by atoms with Gasteiger partial charge in [-0.25, -0.2) is 8.42 Å². The molecular weight excluding hydrogens is 550 g/mol. The van der Waals surface area contributed by atoms with E-state index in [0.29, 0.717) is 17.2 Å². The van der Waals surface area contributed by atoms with E-state index in [1.165, 1.54) is 23.1 Å². The van der Waals surface area contributed by atoms with E-state index in [9.17, 15) is 18.0 Å². The predicted octanol–water partition coefficient (Wildman–Crippen LogP) is 5.27. The van der Waals surface area contributed by atoms with Gasteiger partial charge in [0.1, 0.15) is 18.3 Å². The summed E-state index contributed by atoms with van der Waals surface area (Å²) in [5.41, 5.74) is 1.01. The van der Waals surface area contributed by atoms with Crippen LogP contribution in [0.4, 0.5) is 5.69 Å². The zero-order valence-electron chi connectivity index (χ0n) is 23.2. The molecule has 0 heterocycles. The van der Waals surface area contributed by atoms with Gasteiger partial charge in [0.25, 0.3) is 10.0 Å². The lowest BCUT2D eigenvalue weighted by atomic mass is 10.1. The van der Waals surface area contributed by atoms with Crippen molar-refractivity contribution in [2.75, 3.05) is 18.0 Å². The van der Waals surface area contributed by atoms with Crippen molar-refractivity contribution in [3.8, 4) is 5.75 Å². The molecule has 8 nitrogen and oxygen atoms in total. The first-order chi connectivity index (χ1) is 19.1. The molecule has 0 aromatic heterocycles. The number of rotatable bonds is 13. The van der Waals surface area contributed by atoms with E-state index in [0.717, 1.165) is 16.3 Å². The normalized spacial score (nSPS) is 12.7. The number of anilines is 1. The van der Waals surface area contributed by atoms with Gasteiger partial charge >= 0.3 is 0 Å². The Labute approximate surface area is 241 Å². The molecule has 3 rings (SSSR count). The fraction of sp³-hybridized carbons (Fsp3) is 0.333. The number of halogens is 1. The molecule has 0 bridgehead atoms. The van der Waals surface area contributed by atoms with Crippen LogP contribution in [0.15, 0.2) is 83.8 Å². The van der Waals surface area contributed by atoms with Gasteiger partial charge in [0.15, 0.2) is 0 Å². The van der Waals surface area contributed by atoms with Gasteiger partial charge in [-0.05, 0) is 67.8 Å². The molecule has 0 radical (unpaired) electrons. The smallest absolute Gasteiger partial charge is 0.264 e.